The van der Waals surface area contributed by atoms with Crippen molar-refractivity contribution < 1.29 is 14.6 Å². The van der Waals surface area contributed by atoms with E-state index in [-0.39, 0.29) is 5.91 Å². The molecule has 9 nitrogen and oxygen atoms in total. The molecule has 4 rings (SSSR count). The quantitative estimate of drug-likeness (QED) is 0.715. The lowest BCUT2D eigenvalue weighted by Gasteiger charge is -2.53. The van der Waals surface area contributed by atoms with E-state index >= 15 is 0 Å². The molecule has 2 atom stereocenters. The highest BCUT2D eigenvalue weighted by molar-refractivity contribution is 5.92. The second-order valence-corrected chi connectivity index (χ2v) is 7.86. The molecule has 150 valence electrons. The molecule has 2 aromatic rings. The molecular formula is C19H26N6O3. The van der Waals surface area contributed by atoms with Crippen molar-refractivity contribution in [3.05, 3.63) is 36.2 Å². The van der Waals surface area contributed by atoms with Crippen molar-refractivity contribution in [1.29, 1.82) is 0 Å². The average molecular weight is 386 g/mol. The number of imidazole rings is 1. The van der Waals surface area contributed by atoms with E-state index in [1.165, 1.54) is 6.20 Å². The molecule has 9 heteroatoms. The molecule has 2 aliphatic rings. The van der Waals surface area contributed by atoms with Crippen molar-refractivity contribution in [3.63, 3.8) is 0 Å². The molecule has 0 saturated carbocycles. The Labute approximate surface area is 163 Å². The molecule has 0 aromatic carbocycles. The fourth-order valence-electron chi connectivity index (χ4n) is 4.21. The first-order valence-corrected chi connectivity index (χ1v) is 9.60. The van der Waals surface area contributed by atoms with Crippen LogP contribution in [0.15, 0.2) is 24.7 Å². The normalized spacial score (nSPS) is 27.0. The maximum atomic E-state index is 12.6. The molecule has 1 amide bonds. The van der Waals surface area contributed by atoms with E-state index in [4.69, 9.17) is 4.74 Å². The van der Waals surface area contributed by atoms with Crippen LogP contribution >= 0.6 is 0 Å². The van der Waals surface area contributed by atoms with Gasteiger partial charge in [0.15, 0.2) is 0 Å². The van der Waals surface area contributed by atoms with Crippen LogP contribution in [0.1, 0.15) is 42.5 Å². The molecular weight excluding hydrogens is 360 g/mol. The first kappa shape index (κ1) is 18.8. The van der Waals surface area contributed by atoms with E-state index in [9.17, 15) is 9.90 Å². The number of nitrogens with one attached hydrogen (secondary N) is 2. The monoisotopic (exact) mass is 386 g/mol. The first-order valence-electron chi connectivity index (χ1n) is 9.60. The summed E-state index contributed by atoms with van der Waals surface area (Å²) in [7, 11) is 0. The van der Waals surface area contributed by atoms with Crippen molar-refractivity contribution >= 4 is 11.9 Å². The number of aromatic nitrogens is 4. The zero-order valence-electron chi connectivity index (χ0n) is 16.2. The van der Waals surface area contributed by atoms with Gasteiger partial charge < -0.3 is 25.0 Å². The smallest absolute Gasteiger partial charge is 0.269 e. The number of aromatic amines is 1. The largest absolute Gasteiger partial charge is 0.388 e. The topological polar surface area (TPSA) is 116 Å². The number of aliphatic hydroxyl groups is 1. The summed E-state index contributed by atoms with van der Waals surface area (Å²) < 4.78 is 6.10. The Morgan fingerprint density at radius 1 is 1.29 bits per heavy atom. The summed E-state index contributed by atoms with van der Waals surface area (Å²) in [6, 6.07) is 1.79. The number of hydrogen-bond acceptors (Lipinski definition) is 7. The molecule has 2 aromatic heterocycles. The number of carbonyl (C=O) groups is 1. The molecule has 1 spiro atoms. The molecule has 0 radical (unpaired) electrons. The van der Waals surface area contributed by atoms with Gasteiger partial charge in [-0.2, -0.15) is 0 Å². The van der Waals surface area contributed by atoms with Crippen molar-refractivity contribution in [2.75, 3.05) is 24.6 Å². The fraction of sp³-hybridized carbons (Fsp3) is 0.579. The van der Waals surface area contributed by atoms with Crippen LogP contribution in [0.5, 0.6) is 0 Å². The molecule has 2 fully saturated rings. The number of amides is 1. The third-order valence-electron chi connectivity index (χ3n) is 5.90. The van der Waals surface area contributed by atoms with Gasteiger partial charge in [-0.3, -0.25) is 4.79 Å². The lowest BCUT2D eigenvalue weighted by molar-refractivity contribution is -0.195. The van der Waals surface area contributed by atoms with E-state index in [1.54, 1.807) is 25.4 Å². The van der Waals surface area contributed by atoms with E-state index in [1.807, 2.05) is 6.92 Å². The molecule has 2 saturated heterocycles. The number of anilines is 1. The average Bonchev–Trinajstić information content (AvgIpc) is 3.14. The van der Waals surface area contributed by atoms with Crippen molar-refractivity contribution in [3.8, 4) is 0 Å². The molecule has 3 N–H and O–H groups in total. The van der Waals surface area contributed by atoms with Gasteiger partial charge in [-0.05, 0) is 39.2 Å². The van der Waals surface area contributed by atoms with Gasteiger partial charge in [-0.15, -0.1) is 0 Å². The van der Waals surface area contributed by atoms with Crippen LogP contribution in [-0.4, -0.2) is 67.9 Å². The van der Waals surface area contributed by atoms with E-state index < -0.39 is 17.2 Å². The Hall–Kier alpha value is -2.52. The number of ether oxygens (including phenoxy) is 1. The second-order valence-electron chi connectivity index (χ2n) is 7.86. The SMILES string of the molecule is Cc1ncc(C(=O)N[C@@]2(C)CCOC3(CCN(c4ncccn4)CC3)[C@@H]2O)[nH]1. The molecule has 4 heterocycles. The van der Waals surface area contributed by atoms with Crippen LogP contribution in [-0.2, 0) is 4.74 Å². The van der Waals surface area contributed by atoms with Crippen molar-refractivity contribution in [1.82, 2.24) is 25.3 Å². The Bertz CT molecular complexity index is 833. The zero-order valence-corrected chi connectivity index (χ0v) is 16.2. The van der Waals surface area contributed by atoms with Gasteiger partial charge in [0.2, 0.25) is 5.95 Å². The van der Waals surface area contributed by atoms with Crippen LogP contribution in [0.4, 0.5) is 5.95 Å². The van der Waals surface area contributed by atoms with Crippen molar-refractivity contribution in [2.45, 2.75) is 50.4 Å². The maximum absolute atomic E-state index is 12.6. The Kier molecular flexibility index (Phi) is 4.80. The van der Waals surface area contributed by atoms with Gasteiger partial charge in [0.1, 0.15) is 17.6 Å². The van der Waals surface area contributed by atoms with Gasteiger partial charge in [0.25, 0.3) is 5.91 Å². The zero-order chi connectivity index (χ0) is 19.8. The minimum atomic E-state index is -0.819. The number of H-pyrrole nitrogens is 1. The number of aliphatic hydroxyl groups excluding tert-OH is 1. The predicted molar refractivity (Wildman–Crippen MR) is 102 cm³/mol. The third kappa shape index (κ3) is 3.35. The number of nitrogens with zero attached hydrogens (tertiary/aromatic N) is 4. The van der Waals surface area contributed by atoms with Crippen molar-refractivity contribution in [2.24, 2.45) is 0 Å². The van der Waals surface area contributed by atoms with Crippen LogP contribution in [0.3, 0.4) is 0 Å². The minimum Gasteiger partial charge on any atom is -0.388 e. The molecule has 0 aliphatic carbocycles. The van der Waals surface area contributed by atoms with E-state index in [0.717, 1.165) is 0 Å². The van der Waals surface area contributed by atoms with E-state index in [0.29, 0.717) is 56.4 Å². The summed E-state index contributed by atoms with van der Waals surface area (Å²) in [6.07, 6.45) is 5.96. The number of aryl methyl sites for hydroxylation is 1. The minimum absolute atomic E-state index is 0.269. The summed E-state index contributed by atoms with van der Waals surface area (Å²) in [5.74, 6) is 1.09. The summed E-state index contributed by atoms with van der Waals surface area (Å²) >= 11 is 0. The summed E-state index contributed by atoms with van der Waals surface area (Å²) in [6.45, 7) is 5.53. The highest BCUT2D eigenvalue weighted by atomic mass is 16.5. The molecule has 0 unspecified atom stereocenters. The number of rotatable bonds is 3. The number of carbonyl (C=O) groups excluding carboxylic acids is 1. The molecule has 2 aliphatic heterocycles. The highest BCUT2D eigenvalue weighted by Gasteiger charge is 2.54. The Morgan fingerprint density at radius 3 is 2.64 bits per heavy atom. The van der Waals surface area contributed by atoms with Crippen LogP contribution in [0.2, 0.25) is 0 Å². The second kappa shape index (κ2) is 7.14. The van der Waals surface area contributed by atoms with E-state index in [2.05, 4.69) is 30.2 Å². The number of piperidine rings is 1. The summed E-state index contributed by atoms with van der Waals surface area (Å²) in [5, 5.41) is 14.3. The lowest BCUT2D eigenvalue weighted by Crippen LogP contribution is -2.69. The van der Waals surface area contributed by atoms with Crippen LogP contribution in [0.25, 0.3) is 0 Å². The Balaban J connectivity index is 1.47. The van der Waals surface area contributed by atoms with Crippen LogP contribution in [0, 0.1) is 6.92 Å². The maximum Gasteiger partial charge on any atom is 0.269 e. The van der Waals surface area contributed by atoms with Gasteiger partial charge in [-0.25, -0.2) is 15.0 Å². The van der Waals surface area contributed by atoms with Gasteiger partial charge >= 0.3 is 0 Å². The fourth-order valence-corrected chi connectivity index (χ4v) is 4.21. The first-order chi connectivity index (χ1) is 13.4. The van der Waals surface area contributed by atoms with Crippen LogP contribution < -0.4 is 10.2 Å². The molecule has 28 heavy (non-hydrogen) atoms. The van der Waals surface area contributed by atoms with Gasteiger partial charge in [-0.1, -0.05) is 0 Å². The van der Waals surface area contributed by atoms with Gasteiger partial charge in [0, 0.05) is 32.1 Å². The Morgan fingerprint density at radius 2 is 2.00 bits per heavy atom. The summed E-state index contributed by atoms with van der Waals surface area (Å²) in [4.78, 5) is 30.3. The van der Waals surface area contributed by atoms with Gasteiger partial charge in [0.05, 0.1) is 17.3 Å². The summed E-state index contributed by atoms with van der Waals surface area (Å²) in [5.41, 5.74) is -1.07. The molecule has 0 bridgehead atoms. The number of hydrogen-bond donors (Lipinski definition) is 3. The standard InChI is InChI=1S/C19H26N6O3/c1-13-22-12-14(23-13)15(26)24-18(2)6-11-28-19(16(18)27)4-9-25(10-5-19)17-20-7-3-8-21-17/h3,7-8,12,16,27H,4-6,9-11H2,1-2H3,(H,22,23)(H,24,26)/t16-,18+/m1/s1. The highest BCUT2D eigenvalue weighted by Crippen LogP contribution is 2.40. The predicted octanol–water partition coefficient (Wildman–Crippen LogP) is 0.817. The third-order valence-corrected chi connectivity index (χ3v) is 5.90. The lowest BCUT2D eigenvalue weighted by atomic mass is 9.73.